The van der Waals surface area contributed by atoms with E-state index in [9.17, 15) is 4.79 Å². The lowest BCUT2D eigenvalue weighted by molar-refractivity contribution is 0.253. The lowest BCUT2D eigenvalue weighted by Gasteiger charge is -2.07. The third kappa shape index (κ3) is 2.37. The first-order chi connectivity index (χ1) is 9.33. The Hall–Kier alpha value is -2.89. The molecule has 0 spiro atoms. The molecular formula is C13H11N5O. The minimum atomic E-state index is -0.255. The molecule has 1 amide bonds. The zero-order chi connectivity index (χ0) is 13.1. The number of carbonyl (C=O) groups excluding carboxylic acids is 1. The van der Waals surface area contributed by atoms with Crippen LogP contribution in [0.2, 0.25) is 0 Å². The maximum absolute atomic E-state index is 11.9. The van der Waals surface area contributed by atoms with Crippen LogP contribution in [0.4, 0.5) is 10.5 Å². The Balaban J connectivity index is 1.82. The van der Waals surface area contributed by atoms with Gasteiger partial charge in [0.15, 0.2) is 0 Å². The maximum atomic E-state index is 11.9. The van der Waals surface area contributed by atoms with Crippen LogP contribution in [-0.4, -0.2) is 25.4 Å². The minimum absolute atomic E-state index is 0.255. The van der Waals surface area contributed by atoms with Crippen LogP contribution < -0.4 is 5.32 Å². The summed E-state index contributed by atoms with van der Waals surface area (Å²) < 4.78 is 3.10. The summed E-state index contributed by atoms with van der Waals surface area (Å²) in [6, 6.07) is 9.04. The Bertz CT molecular complexity index is 673. The lowest BCUT2D eigenvalue weighted by Crippen LogP contribution is -2.17. The van der Waals surface area contributed by atoms with Crippen molar-refractivity contribution < 1.29 is 4.79 Å². The second kappa shape index (κ2) is 4.77. The van der Waals surface area contributed by atoms with Gasteiger partial charge in [-0.05, 0) is 24.3 Å². The fourth-order valence-electron chi connectivity index (χ4n) is 1.71. The topological polar surface area (TPSA) is 64.7 Å². The molecule has 0 saturated heterocycles. The van der Waals surface area contributed by atoms with E-state index in [1.54, 1.807) is 23.3 Å². The Morgan fingerprint density at radius 2 is 2.11 bits per heavy atom. The van der Waals surface area contributed by atoms with Crippen LogP contribution in [-0.2, 0) is 0 Å². The van der Waals surface area contributed by atoms with Crippen molar-refractivity contribution in [1.82, 2.24) is 19.3 Å². The monoisotopic (exact) mass is 253 g/mol. The van der Waals surface area contributed by atoms with Gasteiger partial charge in [0.25, 0.3) is 0 Å². The second-order valence-corrected chi connectivity index (χ2v) is 3.90. The summed E-state index contributed by atoms with van der Waals surface area (Å²) in [5, 5.41) is 6.93. The van der Waals surface area contributed by atoms with Crippen molar-refractivity contribution in [3.63, 3.8) is 0 Å². The summed E-state index contributed by atoms with van der Waals surface area (Å²) >= 11 is 0. The molecule has 0 aliphatic rings. The molecule has 6 nitrogen and oxygen atoms in total. The van der Waals surface area contributed by atoms with Crippen molar-refractivity contribution in [2.24, 2.45) is 0 Å². The molecule has 0 bridgehead atoms. The Labute approximate surface area is 109 Å². The van der Waals surface area contributed by atoms with Gasteiger partial charge >= 0.3 is 6.03 Å². The first-order valence-corrected chi connectivity index (χ1v) is 5.72. The number of hydrogen-bond donors (Lipinski definition) is 1. The second-order valence-electron chi connectivity index (χ2n) is 3.90. The number of imidazole rings is 1. The smallest absolute Gasteiger partial charge is 0.307 e. The van der Waals surface area contributed by atoms with Crippen molar-refractivity contribution in [1.29, 1.82) is 0 Å². The number of benzene rings is 1. The van der Waals surface area contributed by atoms with Crippen LogP contribution in [0.3, 0.4) is 0 Å². The highest BCUT2D eigenvalue weighted by Crippen LogP contribution is 2.14. The van der Waals surface area contributed by atoms with Gasteiger partial charge in [-0.3, -0.25) is 4.57 Å². The molecule has 3 rings (SSSR count). The van der Waals surface area contributed by atoms with Gasteiger partial charge in [0.2, 0.25) is 0 Å². The summed E-state index contributed by atoms with van der Waals surface area (Å²) in [4.78, 5) is 15.7. The van der Waals surface area contributed by atoms with Gasteiger partial charge in [0.05, 0.1) is 5.69 Å². The summed E-state index contributed by atoms with van der Waals surface area (Å²) in [7, 11) is 0. The standard InChI is InChI=1S/C13H11N5O/c19-13(17-8-6-14-10-17)16-11-3-1-4-12(9-11)18-7-2-5-15-18/h1-10H,(H,16,19). The van der Waals surface area contributed by atoms with Crippen LogP contribution in [0.1, 0.15) is 0 Å². The van der Waals surface area contributed by atoms with Crippen LogP contribution in [0.5, 0.6) is 0 Å². The van der Waals surface area contributed by atoms with Gasteiger partial charge in [-0.2, -0.15) is 5.10 Å². The molecule has 94 valence electrons. The molecule has 3 aromatic rings. The van der Waals surface area contributed by atoms with Crippen molar-refractivity contribution in [2.45, 2.75) is 0 Å². The number of nitrogens with zero attached hydrogens (tertiary/aromatic N) is 4. The molecule has 2 heterocycles. The molecule has 2 aromatic heterocycles. The number of anilines is 1. The SMILES string of the molecule is O=C(Nc1cccc(-n2cccn2)c1)n1ccnc1. The van der Waals surface area contributed by atoms with E-state index in [4.69, 9.17) is 0 Å². The zero-order valence-corrected chi connectivity index (χ0v) is 9.97. The number of amides is 1. The predicted octanol–water partition coefficient (Wildman–Crippen LogP) is 2.15. The van der Waals surface area contributed by atoms with Crippen molar-refractivity contribution in [3.8, 4) is 5.69 Å². The number of nitrogens with one attached hydrogen (secondary N) is 1. The molecule has 1 aromatic carbocycles. The van der Waals surface area contributed by atoms with Crippen molar-refractivity contribution >= 4 is 11.7 Å². The van der Waals surface area contributed by atoms with Crippen LogP contribution in [0.15, 0.2) is 61.4 Å². The maximum Gasteiger partial charge on any atom is 0.331 e. The van der Waals surface area contributed by atoms with E-state index in [1.807, 2.05) is 36.5 Å². The van der Waals surface area contributed by atoms with E-state index >= 15 is 0 Å². The van der Waals surface area contributed by atoms with Crippen LogP contribution >= 0.6 is 0 Å². The normalized spacial score (nSPS) is 10.3. The number of rotatable bonds is 2. The van der Waals surface area contributed by atoms with Gasteiger partial charge < -0.3 is 5.32 Å². The summed E-state index contributed by atoms with van der Waals surface area (Å²) in [6.07, 6.45) is 8.15. The Morgan fingerprint density at radius 3 is 2.84 bits per heavy atom. The molecule has 0 radical (unpaired) electrons. The number of aromatic nitrogens is 4. The first kappa shape index (κ1) is 11.2. The Kier molecular flexibility index (Phi) is 2.82. The van der Waals surface area contributed by atoms with Crippen LogP contribution in [0.25, 0.3) is 5.69 Å². The summed E-state index contributed by atoms with van der Waals surface area (Å²) in [5.41, 5.74) is 1.58. The lowest BCUT2D eigenvalue weighted by atomic mass is 10.3. The van der Waals surface area contributed by atoms with Gasteiger partial charge in [0.1, 0.15) is 6.33 Å². The molecule has 0 aliphatic heterocycles. The van der Waals surface area contributed by atoms with E-state index < -0.39 is 0 Å². The fourth-order valence-corrected chi connectivity index (χ4v) is 1.71. The van der Waals surface area contributed by atoms with E-state index in [0.29, 0.717) is 5.69 Å². The number of hydrogen-bond acceptors (Lipinski definition) is 3. The average molecular weight is 253 g/mol. The molecule has 0 aliphatic carbocycles. The van der Waals surface area contributed by atoms with E-state index in [0.717, 1.165) is 5.69 Å². The molecule has 0 saturated carbocycles. The highest BCUT2D eigenvalue weighted by atomic mass is 16.2. The highest BCUT2D eigenvalue weighted by molar-refractivity contribution is 5.91. The molecule has 19 heavy (non-hydrogen) atoms. The average Bonchev–Trinajstić information content (AvgIpc) is 3.13. The van der Waals surface area contributed by atoms with Gasteiger partial charge in [-0.15, -0.1) is 0 Å². The molecule has 1 N–H and O–H groups in total. The molecule has 0 unspecified atom stereocenters. The highest BCUT2D eigenvalue weighted by Gasteiger charge is 2.05. The largest absolute Gasteiger partial charge is 0.331 e. The number of carbonyl (C=O) groups is 1. The Morgan fingerprint density at radius 1 is 1.16 bits per heavy atom. The fraction of sp³-hybridized carbons (Fsp3) is 0. The summed E-state index contributed by atoms with van der Waals surface area (Å²) in [5.74, 6) is 0. The molecule has 0 atom stereocenters. The van der Waals surface area contributed by atoms with Crippen molar-refractivity contribution in [2.75, 3.05) is 5.32 Å². The summed E-state index contributed by atoms with van der Waals surface area (Å²) in [6.45, 7) is 0. The van der Waals surface area contributed by atoms with Gasteiger partial charge in [-0.1, -0.05) is 6.07 Å². The minimum Gasteiger partial charge on any atom is -0.307 e. The van der Waals surface area contributed by atoms with Gasteiger partial charge in [-0.25, -0.2) is 14.5 Å². The van der Waals surface area contributed by atoms with E-state index in [-0.39, 0.29) is 6.03 Å². The first-order valence-electron chi connectivity index (χ1n) is 5.72. The third-order valence-corrected chi connectivity index (χ3v) is 2.61. The molecular weight excluding hydrogens is 242 g/mol. The third-order valence-electron chi connectivity index (χ3n) is 2.61. The zero-order valence-electron chi connectivity index (χ0n) is 9.97. The van der Waals surface area contributed by atoms with E-state index in [2.05, 4.69) is 15.4 Å². The van der Waals surface area contributed by atoms with E-state index in [1.165, 1.54) is 10.9 Å². The predicted molar refractivity (Wildman–Crippen MR) is 70.2 cm³/mol. The van der Waals surface area contributed by atoms with Crippen molar-refractivity contribution in [3.05, 3.63) is 61.4 Å². The molecule has 6 heteroatoms. The quantitative estimate of drug-likeness (QED) is 0.761. The van der Waals surface area contributed by atoms with Crippen LogP contribution in [0, 0.1) is 0 Å². The molecule has 0 fully saturated rings. The van der Waals surface area contributed by atoms with Gasteiger partial charge in [0, 0.05) is 30.5 Å².